The summed E-state index contributed by atoms with van der Waals surface area (Å²) in [4.78, 5) is 4.40. The summed E-state index contributed by atoms with van der Waals surface area (Å²) in [5.41, 5.74) is 2.31. The Bertz CT molecular complexity index is 462. The molecule has 2 N–H and O–H groups in total. The zero-order valence-electron chi connectivity index (χ0n) is 10.9. The summed E-state index contributed by atoms with van der Waals surface area (Å²) in [6, 6.07) is 7.71. The van der Waals surface area contributed by atoms with Gasteiger partial charge in [-0.1, -0.05) is 6.07 Å². The van der Waals surface area contributed by atoms with Crippen LogP contribution in [0.3, 0.4) is 0 Å². The van der Waals surface area contributed by atoms with E-state index in [0.29, 0.717) is 12.1 Å². The lowest BCUT2D eigenvalue weighted by molar-refractivity contribution is 0.189. The minimum Gasteiger partial charge on any atom is -0.395 e. The molecule has 0 atom stereocenters. The van der Waals surface area contributed by atoms with Gasteiger partial charge in [-0.2, -0.15) is 5.26 Å². The summed E-state index contributed by atoms with van der Waals surface area (Å²) >= 11 is 0. The van der Waals surface area contributed by atoms with Crippen molar-refractivity contribution in [3.63, 3.8) is 0 Å². The van der Waals surface area contributed by atoms with Crippen LogP contribution in [0.15, 0.2) is 18.2 Å². The first-order valence-electron chi connectivity index (χ1n) is 6.50. The highest BCUT2D eigenvalue weighted by Gasteiger charge is 2.18. The molecule has 0 spiro atoms. The van der Waals surface area contributed by atoms with Crippen molar-refractivity contribution in [1.29, 1.82) is 5.26 Å². The SMILES string of the molecule is N#Cc1cc(CO)ccc1N1CCN(CCO)CC1. The van der Waals surface area contributed by atoms with Crippen LogP contribution in [0, 0.1) is 11.3 Å². The Morgan fingerprint density at radius 3 is 2.47 bits per heavy atom. The maximum Gasteiger partial charge on any atom is 0.101 e. The quantitative estimate of drug-likeness (QED) is 0.808. The van der Waals surface area contributed by atoms with Crippen LogP contribution in [0.25, 0.3) is 0 Å². The van der Waals surface area contributed by atoms with Gasteiger partial charge in [0, 0.05) is 32.7 Å². The van der Waals surface area contributed by atoms with Gasteiger partial charge in [0.15, 0.2) is 0 Å². The van der Waals surface area contributed by atoms with Crippen LogP contribution in [0.2, 0.25) is 0 Å². The molecule has 2 rings (SSSR count). The van der Waals surface area contributed by atoms with Crippen LogP contribution >= 0.6 is 0 Å². The second-order valence-corrected chi connectivity index (χ2v) is 4.67. The van der Waals surface area contributed by atoms with E-state index < -0.39 is 0 Å². The van der Waals surface area contributed by atoms with E-state index in [1.165, 1.54) is 0 Å². The third kappa shape index (κ3) is 3.24. The Hall–Kier alpha value is -1.61. The highest BCUT2D eigenvalue weighted by atomic mass is 16.3. The van der Waals surface area contributed by atoms with Crippen LogP contribution in [-0.4, -0.2) is 54.4 Å². The third-order valence-electron chi connectivity index (χ3n) is 3.49. The molecule has 102 valence electrons. The number of piperazine rings is 1. The van der Waals surface area contributed by atoms with E-state index in [1.54, 1.807) is 6.07 Å². The Morgan fingerprint density at radius 2 is 1.89 bits per heavy atom. The molecule has 1 aromatic rings. The van der Waals surface area contributed by atoms with Crippen molar-refractivity contribution >= 4 is 5.69 Å². The summed E-state index contributed by atoms with van der Waals surface area (Å²) in [5.74, 6) is 0. The van der Waals surface area contributed by atoms with Gasteiger partial charge in [-0.25, -0.2) is 0 Å². The molecular weight excluding hydrogens is 242 g/mol. The molecule has 1 aromatic carbocycles. The van der Waals surface area contributed by atoms with Gasteiger partial charge in [-0.15, -0.1) is 0 Å². The molecule has 0 radical (unpaired) electrons. The zero-order chi connectivity index (χ0) is 13.7. The van der Waals surface area contributed by atoms with E-state index in [1.807, 2.05) is 12.1 Å². The van der Waals surface area contributed by atoms with Crippen LogP contribution in [0.4, 0.5) is 5.69 Å². The molecule has 1 aliphatic rings. The monoisotopic (exact) mass is 261 g/mol. The van der Waals surface area contributed by atoms with Crippen molar-refractivity contribution in [3.05, 3.63) is 29.3 Å². The topological polar surface area (TPSA) is 70.7 Å². The molecule has 0 unspecified atom stereocenters. The zero-order valence-corrected chi connectivity index (χ0v) is 10.9. The normalized spacial score (nSPS) is 16.4. The maximum absolute atomic E-state index is 9.20. The molecule has 0 amide bonds. The number of aliphatic hydroxyl groups excluding tert-OH is 2. The second-order valence-electron chi connectivity index (χ2n) is 4.67. The summed E-state index contributed by atoms with van der Waals surface area (Å²) < 4.78 is 0. The highest BCUT2D eigenvalue weighted by Crippen LogP contribution is 2.22. The molecule has 0 aliphatic carbocycles. The average molecular weight is 261 g/mol. The molecule has 1 aliphatic heterocycles. The van der Waals surface area contributed by atoms with Gasteiger partial charge in [0.2, 0.25) is 0 Å². The van der Waals surface area contributed by atoms with Gasteiger partial charge in [0.1, 0.15) is 6.07 Å². The lowest BCUT2D eigenvalue weighted by Crippen LogP contribution is -2.47. The van der Waals surface area contributed by atoms with Crippen LogP contribution in [-0.2, 0) is 6.61 Å². The molecule has 0 bridgehead atoms. The molecule has 0 saturated carbocycles. The predicted octanol–water partition coefficient (Wildman–Crippen LogP) is 0.165. The third-order valence-corrected chi connectivity index (χ3v) is 3.49. The maximum atomic E-state index is 9.20. The van der Waals surface area contributed by atoms with Gasteiger partial charge < -0.3 is 15.1 Å². The fourth-order valence-corrected chi connectivity index (χ4v) is 2.40. The minimum atomic E-state index is -0.0424. The van der Waals surface area contributed by atoms with Gasteiger partial charge in [0.25, 0.3) is 0 Å². The van der Waals surface area contributed by atoms with E-state index in [4.69, 9.17) is 10.2 Å². The molecule has 0 aromatic heterocycles. The highest BCUT2D eigenvalue weighted by molar-refractivity contribution is 5.60. The van der Waals surface area contributed by atoms with Crippen molar-refractivity contribution in [3.8, 4) is 6.07 Å². The number of nitrogens with zero attached hydrogens (tertiary/aromatic N) is 3. The predicted molar refractivity (Wildman–Crippen MR) is 72.8 cm³/mol. The minimum absolute atomic E-state index is 0.0424. The van der Waals surface area contributed by atoms with Gasteiger partial charge in [-0.05, 0) is 17.7 Å². The van der Waals surface area contributed by atoms with Crippen LogP contribution < -0.4 is 4.90 Å². The smallest absolute Gasteiger partial charge is 0.101 e. The molecule has 5 nitrogen and oxygen atoms in total. The fraction of sp³-hybridized carbons (Fsp3) is 0.500. The number of β-amino-alcohol motifs (C(OH)–C–C–N with tert-alkyl or cyclic N) is 1. The number of nitriles is 1. The molecule has 1 fully saturated rings. The van der Waals surface area contributed by atoms with Gasteiger partial charge in [-0.3, -0.25) is 4.90 Å². The Kier molecular flexibility index (Phi) is 4.74. The van der Waals surface area contributed by atoms with Crippen molar-refractivity contribution in [2.45, 2.75) is 6.61 Å². The summed E-state index contributed by atoms with van der Waals surface area (Å²) in [6.45, 7) is 4.36. The molecule has 5 heteroatoms. The number of anilines is 1. The Labute approximate surface area is 113 Å². The van der Waals surface area contributed by atoms with Gasteiger partial charge in [0.05, 0.1) is 24.5 Å². The molecule has 19 heavy (non-hydrogen) atoms. The largest absolute Gasteiger partial charge is 0.395 e. The molecule has 1 saturated heterocycles. The number of benzene rings is 1. The van der Waals surface area contributed by atoms with E-state index >= 15 is 0 Å². The first-order valence-corrected chi connectivity index (χ1v) is 6.50. The van der Waals surface area contributed by atoms with E-state index in [2.05, 4.69) is 15.9 Å². The number of aliphatic hydroxyl groups is 2. The standard InChI is InChI=1S/C14H19N3O2/c15-10-13-9-12(11-19)1-2-14(13)17-5-3-16(4-6-17)7-8-18/h1-2,9,18-19H,3-8,11H2. The Balaban J connectivity index is 2.09. The Morgan fingerprint density at radius 1 is 1.16 bits per heavy atom. The van der Waals surface area contributed by atoms with E-state index in [9.17, 15) is 5.26 Å². The number of rotatable bonds is 4. The number of hydrogen-bond acceptors (Lipinski definition) is 5. The first-order chi connectivity index (χ1) is 9.28. The summed E-state index contributed by atoms with van der Waals surface area (Å²) in [5, 5.41) is 27.2. The van der Waals surface area contributed by atoms with Crippen molar-refractivity contribution < 1.29 is 10.2 Å². The average Bonchev–Trinajstić information content (AvgIpc) is 2.48. The molecule has 1 heterocycles. The summed E-state index contributed by atoms with van der Waals surface area (Å²) in [6.07, 6.45) is 0. The second kappa shape index (κ2) is 6.53. The van der Waals surface area contributed by atoms with Crippen molar-refractivity contribution in [2.75, 3.05) is 44.2 Å². The van der Waals surface area contributed by atoms with Crippen LogP contribution in [0.5, 0.6) is 0 Å². The van der Waals surface area contributed by atoms with E-state index in [-0.39, 0.29) is 13.2 Å². The number of hydrogen-bond donors (Lipinski definition) is 2. The van der Waals surface area contributed by atoms with E-state index in [0.717, 1.165) is 37.4 Å². The van der Waals surface area contributed by atoms with Crippen molar-refractivity contribution in [2.24, 2.45) is 0 Å². The van der Waals surface area contributed by atoms with Crippen LogP contribution in [0.1, 0.15) is 11.1 Å². The summed E-state index contributed by atoms with van der Waals surface area (Å²) in [7, 11) is 0. The fourth-order valence-electron chi connectivity index (χ4n) is 2.40. The molecular formula is C14H19N3O2. The lowest BCUT2D eigenvalue weighted by Gasteiger charge is -2.36. The first kappa shape index (κ1) is 13.8. The van der Waals surface area contributed by atoms with Crippen molar-refractivity contribution in [1.82, 2.24) is 4.90 Å². The lowest BCUT2D eigenvalue weighted by atomic mass is 10.1. The van der Waals surface area contributed by atoms with Gasteiger partial charge >= 0.3 is 0 Å².